The topological polar surface area (TPSA) is 114 Å². The maximum absolute atomic E-state index is 13.0. The maximum Gasteiger partial charge on any atom is 0.306 e. The molecule has 1 heterocycles. The van der Waals surface area contributed by atoms with Crippen LogP contribution in [0.1, 0.15) is 168 Å². The van der Waals surface area contributed by atoms with Crippen molar-refractivity contribution in [3.8, 4) is 0 Å². The molecule has 1 amide bonds. The van der Waals surface area contributed by atoms with Crippen molar-refractivity contribution in [2.45, 2.75) is 199 Å². The summed E-state index contributed by atoms with van der Waals surface area (Å²) in [5, 5.41) is 23.7. The van der Waals surface area contributed by atoms with Gasteiger partial charge in [-0.2, -0.15) is 0 Å². The Hall–Kier alpha value is -1.48. The predicted octanol–water partition coefficient (Wildman–Crippen LogP) is 8.07. The molecule has 0 bridgehead atoms. The Morgan fingerprint density at radius 2 is 1.18 bits per heavy atom. The lowest BCUT2D eigenvalue weighted by molar-refractivity contribution is -0.271. The third-order valence-electron chi connectivity index (χ3n) is 8.82. The van der Waals surface area contributed by atoms with Gasteiger partial charge < -0.3 is 29.7 Å². The molecule has 1 aliphatic rings. The minimum Gasteiger partial charge on any atom is -0.457 e. The predicted molar refractivity (Wildman–Crippen MR) is 182 cm³/mol. The van der Waals surface area contributed by atoms with Crippen LogP contribution in [0.5, 0.6) is 0 Å². The lowest BCUT2D eigenvalue weighted by atomic mass is 9.96. The number of nitrogens with one attached hydrogen (secondary N) is 1. The SMILES string of the molecule is C=CCO[C@H]1O[C@H](CO)[C@@H](O)[C@H](OC(=O)CCCCCCCCCCCCC)[C@H]1NC(=O)CCCCCCCCCCCCC. The molecule has 8 heteroatoms. The highest BCUT2D eigenvalue weighted by Gasteiger charge is 2.48. The van der Waals surface area contributed by atoms with Crippen molar-refractivity contribution < 1.29 is 34.0 Å². The zero-order chi connectivity index (χ0) is 33.0. The smallest absolute Gasteiger partial charge is 0.306 e. The van der Waals surface area contributed by atoms with Crippen LogP contribution in [0, 0.1) is 0 Å². The highest BCUT2D eigenvalue weighted by Crippen LogP contribution is 2.26. The number of carbonyl (C=O) groups is 2. The van der Waals surface area contributed by atoms with E-state index in [1.807, 2.05) is 0 Å². The Labute approximate surface area is 275 Å². The first-order valence-corrected chi connectivity index (χ1v) is 18.6. The van der Waals surface area contributed by atoms with Crippen molar-refractivity contribution >= 4 is 11.9 Å². The van der Waals surface area contributed by atoms with Gasteiger partial charge in [0, 0.05) is 12.8 Å². The maximum atomic E-state index is 13.0. The molecule has 1 aliphatic heterocycles. The number of rotatable bonds is 30. The first kappa shape index (κ1) is 41.5. The Balaban J connectivity index is 2.49. The zero-order valence-electron chi connectivity index (χ0n) is 29.0. The molecule has 3 N–H and O–H groups in total. The molecule has 8 nitrogen and oxygen atoms in total. The van der Waals surface area contributed by atoms with Crippen molar-refractivity contribution in [1.29, 1.82) is 0 Å². The lowest BCUT2D eigenvalue weighted by Crippen LogP contribution is -2.65. The number of amides is 1. The summed E-state index contributed by atoms with van der Waals surface area (Å²) in [6.07, 6.45) is 23.9. The number of esters is 1. The number of aliphatic hydroxyl groups excluding tert-OH is 2. The van der Waals surface area contributed by atoms with Gasteiger partial charge in [-0.3, -0.25) is 9.59 Å². The number of unbranched alkanes of at least 4 members (excludes halogenated alkanes) is 20. The average molecular weight is 640 g/mol. The van der Waals surface area contributed by atoms with E-state index in [0.717, 1.165) is 32.1 Å². The van der Waals surface area contributed by atoms with E-state index in [4.69, 9.17) is 14.2 Å². The molecule has 0 aliphatic carbocycles. The van der Waals surface area contributed by atoms with E-state index in [2.05, 4.69) is 25.7 Å². The monoisotopic (exact) mass is 640 g/mol. The van der Waals surface area contributed by atoms with Crippen LogP contribution < -0.4 is 5.32 Å². The van der Waals surface area contributed by atoms with Crippen LogP contribution in [0.15, 0.2) is 12.7 Å². The van der Waals surface area contributed by atoms with Gasteiger partial charge >= 0.3 is 5.97 Å². The zero-order valence-corrected chi connectivity index (χ0v) is 29.0. The van der Waals surface area contributed by atoms with Crippen LogP contribution in [-0.4, -0.2) is 65.9 Å². The Kier molecular flexibility index (Phi) is 26.5. The minimum atomic E-state index is -1.30. The van der Waals surface area contributed by atoms with E-state index in [9.17, 15) is 19.8 Å². The van der Waals surface area contributed by atoms with Crippen LogP contribution in [0.2, 0.25) is 0 Å². The fraction of sp³-hybridized carbons (Fsp3) is 0.892. The highest BCUT2D eigenvalue weighted by atomic mass is 16.7. The average Bonchev–Trinajstić information content (AvgIpc) is 3.03. The van der Waals surface area contributed by atoms with Gasteiger partial charge in [-0.05, 0) is 12.8 Å². The molecular formula is C37H69NO7. The molecule has 5 atom stereocenters. The molecule has 0 spiro atoms. The third kappa shape index (κ3) is 20.4. The molecule has 0 aromatic rings. The quantitative estimate of drug-likeness (QED) is 0.0414. The third-order valence-corrected chi connectivity index (χ3v) is 8.82. The number of carbonyl (C=O) groups excluding carboxylic acids is 2. The van der Waals surface area contributed by atoms with Crippen LogP contribution in [0.4, 0.5) is 0 Å². The number of ether oxygens (including phenoxy) is 3. The van der Waals surface area contributed by atoms with Gasteiger partial charge in [-0.1, -0.05) is 148 Å². The molecular weight excluding hydrogens is 570 g/mol. The molecule has 0 radical (unpaired) electrons. The van der Waals surface area contributed by atoms with Gasteiger partial charge in [0.25, 0.3) is 0 Å². The number of hydrogen-bond donors (Lipinski definition) is 3. The van der Waals surface area contributed by atoms with Crippen LogP contribution in [0.3, 0.4) is 0 Å². The first-order valence-electron chi connectivity index (χ1n) is 18.6. The van der Waals surface area contributed by atoms with E-state index in [-0.39, 0.29) is 18.9 Å². The molecule has 1 rings (SSSR count). The van der Waals surface area contributed by atoms with Gasteiger partial charge in [0.15, 0.2) is 12.4 Å². The molecule has 0 aromatic carbocycles. The summed E-state index contributed by atoms with van der Waals surface area (Å²) in [6.45, 7) is 7.82. The van der Waals surface area contributed by atoms with Crippen molar-refractivity contribution in [2.24, 2.45) is 0 Å². The molecule has 0 aromatic heterocycles. The largest absolute Gasteiger partial charge is 0.457 e. The summed E-state index contributed by atoms with van der Waals surface area (Å²) in [4.78, 5) is 25.8. The summed E-state index contributed by atoms with van der Waals surface area (Å²) in [6, 6.07) is -0.899. The molecule has 1 fully saturated rings. The van der Waals surface area contributed by atoms with Crippen molar-refractivity contribution in [3.63, 3.8) is 0 Å². The fourth-order valence-electron chi connectivity index (χ4n) is 6.02. The second kappa shape index (κ2) is 28.7. The van der Waals surface area contributed by atoms with Crippen molar-refractivity contribution in [2.75, 3.05) is 13.2 Å². The Bertz CT molecular complexity index is 734. The Morgan fingerprint density at radius 1 is 0.733 bits per heavy atom. The van der Waals surface area contributed by atoms with E-state index >= 15 is 0 Å². The van der Waals surface area contributed by atoms with Crippen LogP contribution in [0.25, 0.3) is 0 Å². The van der Waals surface area contributed by atoms with Crippen LogP contribution in [-0.2, 0) is 23.8 Å². The number of hydrogen-bond acceptors (Lipinski definition) is 7. The molecule has 45 heavy (non-hydrogen) atoms. The molecule has 0 unspecified atom stereocenters. The van der Waals surface area contributed by atoms with Crippen molar-refractivity contribution in [3.05, 3.63) is 12.7 Å². The second-order valence-corrected chi connectivity index (χ2v) is 13.0. The number of aliphatic hydroxyl groups is 2. The molecule has 0 saturated carbocycles. The normalized spacial score (nSPS) is 21.5. The van der Waals surface area contributed by atoms with Gasteiger partial charge in [-0.25, -0.2) is 0 Å². The summed E-state index contributed by atoms with van der Waals surface area (Å²) in [5.41, 5.74) is 0. The first-order chi connectivity index (χ1) is 22.0. The summed E-state index contributed by atoms with van der Waals surface area (Å²) in [7, 11) is 0. The highest BCUT2D eigenvalue weighted by molar-refractivity contribution is 5.76. The van der Waals surface area contributed by atoms with Gasteiger partial charge in [0.05, 0.1) is 13.2 Å². The standard InChI is InChI=1S/C37H69NO7/c1-4-7-9-11-13-15-17-19-21-23-25-27-32(40)38-34-36(35(42)31(30-39)44-37(34)43-29-6-3)45-33(41)28-26-24-22-20-18-16-14-12-10-8-5-2/h6,31,34-37,39,42H,3-5,7-30H2,1-2H3,(H,38,40)/t31-,34-,35-,36-,37+/m1/s1. The Morgan fingerprint density at radius 3 is 1.62 bits per heavy atom. The van der Waals surface area contributed by atoms with Crippen LogP contribution >= 0.6 is 0 Å². The van der Waals surface area contributed by atoms with Gasteiger partial charge in [-0.15, -0.1) is 6.58 Å². The summed E-state index contributed by atoms with van der Waals surface area (Å²) < 4.78 is 17.3. The molecule has 264 valence electrons. The second-order valence-electron chi connectivity index (χ2n) is 13.0. The van der Waals surface area contributed by atoms with E-state index in [0.29, 0.717) is 12.8 Å². The molecule has 1 saturated heterocycles. The van der Waals surface area contributed by atoms with Gasteiger partial charge in [0.2, 0.25) is 5.91 Å². The van der Waals surface area contributed by atoms with E-state index in [1.165, 1.54) is 103 Å². The summed E-state index contributed by atoms with van der Waals surface area (Å²) >= 11 is 0. The van der Waals surface area contributed by atoms with E-state index in [1.54, 1.807) is 6.08 Å². The lowest BCUT2D eigenvalue weighted by Gasteiger charge is -2.43. The fourth-order valence-corrected chi connectivity index (χ4v) is 6.02. The van der Waals surface area contributed by atoms with E-state index < -0.39 is 43.2 Å². The van der Waals surface area contributed by atoms with Crippen molar-refractivity contribution in [1.82, 2.24) is 5.32 Å². The summed E-state index contributed by atoms with van der Waals surface area (Å²) in [5.74, 6) is -0.631. The minimum absolute atomic E-state index is 0.142. The van der Waals surface area contributed by atoms with Gasteiger partial charge in [0.1, 0.15) is 18.2 Å².